The molecule has 1 fully saturated rings. The Balaban J connectivity index is 2.25. The second kappa shape index (κ2) is 4.67. The van der Waals surface area contributed by atoms with Gasteiger partial charge in [-0.1, -0.05) is 11.6 Å². The number of carbonyl (C=O) groups is 1. The summed E-state index contributed by atoms with van der Waals surface area (Å²) in [4.78, 5) is 15.4. The van der Waals surface area contributed by atoms with E-state index >= 15 is 0 Å². The molecule has 1 saturated heterocycles. The Morgan fingerprint density at radius 3 is 3.19 bits per heavy atom. The van der Waals surface area contributed by atoms with Crippen LogP contribution < -0.4 is 10.4 Å². The summed E-state index contributed by atoms with van der Waals surface area (Å²) in [5.41, 5.74) is 2.68. The number of rotatable bonds is 3. The maximum atomic E-state index is 11.3. The first-order valence-electron chi connectivity index (χ1n) is 5.02. The molecule has 2 N–H and O–H groups in total. The molecule has 1 unspecified atom stereocenters. The van der Waals surface area contributed by atoms with Gasteiger partial charge in [-0.05, 0) is 18.6 Å². The lowest BCUT2D eigenvalue weighted by Crippen LogP contribution is -2.39. The number of nitrogens with one attached hydrogen (secondary N) is 1. The number of amides is 1. The van der Waals surface area contributed by atoms with E-state index in [0.717, 1.165) is 0 Å². The van der Waals surface area contributed by atoms with E-state index in [-0.39, 0.29) is 18.6 Å². The number of nitrogens with zero attached hydrogens (tertiary/aromatic N) is 2. The molecule has 0 spiro atoms. The smallest absolute Gasteiger partial charge is 0.240 e. The van der Waals surface area contributed by atoms with E-state index < -0.39 is 0 Å². The van der Waals surface area contributed by atoms with Gasteiger partial charge in [0.25, 0.3) is 0 Å². The third kappa shape index (κ3) is 2.10. The highest BCUT2D eigenvalue weighted by molar-refractivity contribution is 6.33. The van der Waals surface area contributed by atoms with Crippen LogP contribution in [0.2, 0.25) is 5.02 Å². The summed E-state index contributed by atoms with van der Waals surface area (Å²) in [6.45, 7) is 0.0284. The minimum absolute atomic E-state index is 0.0284. The van der Waals surface area contributed by atoms with Crippen molar-refractivity contribution < 1.29 is 9.90 Å². The first-order chi connectivity index (χ1) is 7.72. The van der Waals surface area contributed by atoms with Gasteiger partial charge in [-0.2, -0.15) is 0 Å². The van der Waals surface area contributed by atoms with Gasteiger partial charge in [0.1, 0.15) is 0 Å². The molecule has 6 heteroatoms. The zero-order valence-corrected chi connectivity index (χ0v) is 9.31. The van der Waals surface area contributed by atoms with Crippen molar-refractivity contribution in [2.75, 3.05) is 11.6 Å². The first-order valence-corrected chi connectivity index (χ1v) is 5.40. The number of aliphatic hydroxyl groups is 1. The Labute approximate surface area is 98.0 Å². The monoisotopic (exact) mass is 241 g/mol. The third-order valence-electron chi connectivity index (χ3n) is 2.46. The standard InChI is InChI=1S/C10H12ClN3O2/c11-8-2-1-4-12-10(8)14-7(3-5-15)6-9(16)13-14/h1-2,4,7,15H,3,5-6H2,(H,13,16). The second-order valence-corrected chi connectivity index (χ2v) is 3.99. The van der Waals surface area contributed by atoms with Gasteiger partial charge in [-0.15, -0.1) is 0 Å². The van der Waals surface area contributed by atoms with Crippen LogP contribution in [0.25, 0.3) is 0 Å². The summed E-state index contributed by atoms with van der Waals surface area (Å²) in [5, 5.41) is 11.0. The second-order valence-electron chi connectivity index (χ2n) is 3.58. The molecule has 86 valence electrons. The number of carbonyl (C=O) groups excluding carboxylic acids is 1. The van der Waals surface area contributed by atoms with Crippen LogP contribution in [0.3, 0.4) is 0 Å². The molecule has 1 aromatic heterocycles. The van der Waals surface area contributed by atoms with E-state index in [1.165, 1.54) is 0 Å². The van der Waals surface area contributed by atoms with Crippen LogP contribution in [0.15, 0.2) is 18.3 Å². The highest BCUT2D eigenvalue weighted by Gasteiger charge is 2.31. The van der Waals surface area contributed by atoms with Crippen molar-refractivity contribution in [3.05, 3.63) is 23.4 Å². The molecule has 16 heavy (non-hydrogen) atoms. The molecule has 0 bridgehead atoms. The Morgan fingerprint density at radius 1 is 1.69 bits per heavy atom. The average Bonchev–Trinajstić information content (AvgIpc) is 2.61. The molecule has 5 nitrogen and oxygen atoms in total. The number of hydrazine groups is 1. The maximum Gasteiger partial charge on any atom is 0.240 e. The minimum atomic E-state index is -0.0927. The van der Waals surface area contributed by atoms with Gasteiger partial charge in [0.05, 0.1) is 17.5 Å². The Hall–Kier alpha value is -1.33. The molecule has 2 rings (SSSR count). The van der Waals surface area contributed by atoms with Gasteiger partial charge >= 0.3 is 0 Å². The largest absolute Gasteiger partial charge is 0.396 e. The number of hydrogen-bond acceptors (Lipinski definition) is 4. The summed E-state index contributed by atoms with van der Waals surface area (Å²) in [6, 6.07) is 3.35. The number of aliphatic hydroxyl groups excluding tert-OH is 1. The van der Waals surface area contributed by atoms with Crippen molar-refractivity contribution >= 4 is 23.3 Å². The number of aromatic nitrogens is 1. The zero-order chi connectivity index (χ0) is 11.5. The third-order valence-corrected chi connectivity index (χ3v) is 2.76. The van der Waals surface area contributed by atoms with Crippen LogP contribution in [0.4, 0.5) is 5.82 Å². The van der Waals surface area contributed by atoms with Gasteiger partial charge in [-0.25, -0.2) is 4.98 Å². The molecule has 0 saturated carbocycles. The highest BCUT2D eigenvalue weighted by Crippen LogP contribution is 2.27. The SMILES string of the molecule is O=C1CC(CCO)N(c2ncccc2Cl)N1. The van der Waals surface area contributed by atoms with Gasteiger partial charge < -0.3 is 5.11 Å². The molecule has 0 aromatic carbocycles. The summed E-state index contributed by atoms with van der Waals surface area (Å²) < 4.78 is 0. The molecule has 1 amide bonds. The molecule has 0 aliphatic carbocycles. The molecule has 1 atom stereocenters. The van der Waals surface area contributed by atoms with Crippen molar-refractivity contribution in [3.8, 4) is 0 Å². The van der Waals surface area contributed by atoms with Crippen LogP contribution in [-0.4, -0.2) is 28.6 Å². The van der Waals surface area contributed by atoms with Gasteiger partial charge in [0, 0.05) is 12.8 Å². The minimum Gasteiger partial charge on any atom is -0.396 e. The molecule has 1 aromatic rings. The van der Waals surface area contributed by atoms with E-state index in [2.05, 4.69) is 10.4 Å². The fourth-order valence-electron chi connectivity index (χ4n) is 1.74. The van der Waals surface area contributed by atoms with E-state index in [9.17, 15) is 4.79 Å². The van der Waals surface area contributed by atoms with Crippen molar-refractivity contribution in [1.29, 1.82) is 0 Å². The van der Waals surface area contributed by atoms with E-state index in [1.54, 1.807) is 23.3 Å². The zero-order valence-electron chi connectivity index (χ0n) is 8.56. The molecular formula is C10H12ClN3O2. The number of hydrogen-bond donors (Lipinski definition) is 2. The Kier molecular flexibility index (Phi) is 3.26. The Morgan fingerprint density at radius 2 is 2.50 bits per heavy atom. The summed E-state index contributed by atoms with van der Waals surface area (Å²) >= 11 is 6.00. The molecule has 1 aliphatic heterocycles. The Bertz CT molecular complexity index is 399. The molecule has 0 radical (unpaired) electrons. The van der Waals surface area contributed by atoms with Crippen molar-refractivity contribution in [3.63, 3.8) is 0 Å². The van der Waals surface area contributed by atoms with E-state index in [4.69, 9.17) is 16.7 Å². The first kappa shape index (κ1) is 11.2. The molecular weight excluding hydrogens is 230 g/mol. The van der Waals surface area contributed by atoms with Crippen LogP contribution in [0, 0.1) is 0 Å². The van der Waals surface area contributed by atoms with Gasteiger partial charge in [0.15, 0.2) is 5.82 Å². The molecule has 1 aliphatic rings. The van der Waals surface area contributed by atoms with E-state index in [0.29, 0.717) is 23.7 Å². The number of anilines is 1. The van der Waals surface area contributed by atoms with E-state index in [1.807, 2.05) is 0 Å². The lowest BCUT2D eigenvalue weighted by molar-refractivity contribution is -0.119. The van der Waals surface area contributed by atoms with Gasteiger partial charge in [-0.3, -0.25) is 15.2 Å². The summed E-state index contributed by atoms with van der Waals surface area (Å²) in [5.74, 6) is 0.439. The predicted octanol–water partition coefficient (Wildman–Crippen LogP) is 0.727. The highest BCUT2D eigenvalue weighted by atomic mass is 35.5. The lowest BCUT2D eigenvalue weighted by Gasteiger charge is -2.24. The summed E-state index contributed by atoms with van der Waals surface area (Å²) in [6.07, 6.45) is 2.47. The van der Waals surface area contributed by atoms with Crippen LogP contribution in [-0.2, 0) is 4.79 Å². The topological polar surface area (TPSA) is 65.5 Å². The van der Waals surface area contributed by atoms with Crippen LogP contribution in [0.5, 0.6) is 0 Å². The quantitative estimate of drug-likeness (QED) is 0.819. The fourth-order valence-corrected chi connectivity index (χ4v) is 1.95. The van der Waals surface area contributed by atoms with Crippen molar-refractivity contribution in [2.45, 2.75) is 18.9 Å². The van der Waals surface area contributed by atoms with Crippen LogP contribution in [0.1, 0.15) is 12.8 Å². The number of pyridine rings is 1. The van der Waals surface area contributed by atoms with Crippen molar-refractivity contribution in [2.24, 2.45) is 0 Å². The number of halogens is 1. The fraction of sp³-hybridized carbons (Fsp3) is 0.400. The normalized spacial score (nSPS) is 20.0. The van der Waals surface area contributed by atoms with Crippen LogP contribution >= 0.6 is 11.6 Å². The molecule has 2 heterocycles. The average molecular weight is 242 g/mol. The maximum absolute atomic E-state index is 11.3. The predicted molar refractivity (Wildman–Crippen MR) is 60.0 cm³/mol. The van der Waals surface area contributed by atoms with Crippen molar-refractivity contribution in [1.82, 2.24) is 10.4 Å². The summed E-state index contributed by atoms with van der Waals surface area (Å²) in [7, 11) is 0. The van der Waals surface area contributed by atoms with Gasteiger partial charge in [0.2, 0.25) is 5.91 Å². The lowest BCUT2D eigenvalue weighted by atomic mass is 10.1.